The van der Waals surface area contributed by atoms with Crippen molar-refractivity contribution < 1.29 is 14.3 Å². The largest absolute Gasteiger partial charge is 0.462 e. The van der Waals surface area contributed by atoms with Gasteiger partial charge in [-0.3, -0.25) is 4.79 Å². The van der Waals surface area contributed by atoms with Crippen LogP contribution in [0.3, 0.4) is 0 Å². The van der Waals surface area contributed by atoms with Crippen LogP contribution in [0, 0.1) is 20.8 Å². The molecule has 0 unspecified atom stereocenters. The van der Waals surface area contributed by atoms with Gasteiger partial charge in [-0.25, -0.2) is 14.3 Å². The average Bonchev–Trinajstić information content (AvgIpc) is 3.34. The molecule has 3 aromatic heterocycles. The lowest BCUT2D eigenvalue weighted by molar-refractivity contribution is -0.116. The molecule has 4 rings (SSSR count). The highest BCUT2D eigenvalue weighted by Crippen LogP contribution is 2.46. The number of hydrogen-bond donors (Lipinski definition) is 1. The SMILES string of the molecule is CCOC(=O)c1c(C2CC2)csc1NC(=O)CCc1c(C)nc2cc(C)nn2c1C. The Morgan fingerprint density at radius 2 is 2.07 bits per heavy atom. The summed E-state index contributed by atoms with van der Waals surface area (Å²) in [5.74, 6) is -0.0708. The van der Waals surface area contributed by atoms with Crippen molar-refractivity contribution >= 4 is 33.9 Å². The highest BCUT2D eigenvalue weighted by atomic mass is 32.1. The molecular formula is C22H26N4O3S. The summed E-state index contributed by atoms with van der Waals surface area (Å²) in [6.45, 7) is 8.00. The van der Waals surface area contributed by atoms with E-state index in [1.54, 1.807) is 6.92 Å². The number of thiophene rings is 1. The van der Waals surface area contributed by atoms with Crippen molar-refractivity contribution in [3.8, 4) is 0 Å². The number of ether oxygens (including phenoxy) is 1. The average molecular weight is 427 g/mol. The van der Waals surface area contributed by atoms with Gasteiger partial charge in [-0.15, -0.1) is 11.3 Å². The number of carbonyl (C=O) groups is 2. The first-order valence-electron chi connectivity index (χ1n) is 10.3. The zero-order chi connectivity index (χ0) is 21.4. The first-order valence-corrected chi connectivity index (χ1v) is 11.2. The van der Waals surface area contributed by atoms with Crippen molar-refractivity contribution in [2.45, 2.75) is 59.3 Å². The second-order valence-electron chi connectivity index (χ2n) is 7.75. The lowest BCUT2D eigenvalue weighted by Gasteiger charge is -2.11. The Labute approximate surface area is 179 Å². The maximum absolute atomic E-state index is 12.7. The third-order valence-corrected chi connectivity index (χ3v) is 6.37. The highest BCUT2D eigenvalue weighted by molar-refractivity contribution is 7.15. The van der Waals surface area contributed by atoms with Gasteiger partial charge in [0.2, 0.25) is 5.91 Å². The summed E-state index contributed by atoms with van der Waals surface area (Å²) in [4.78, 5) is 29.8. The number of anilines is 1. The molecule has 0 spiro atoms. The van der Waals surface area contributed by atoms with Crippen LogP contribution in [0.5, 0.6) is 0 Å². The molecule has 0 saturated heterocycles. The molecule has 0 bridgehead atoms. The molecule has 1 amide bonds. The van der Waals surface area contributed by atoms with Gasteiger partial charge in [0.05, 0.1) is 17.9 Å². The standard InChI is InChI=1S/C22H26N4O3S/c1-5-29-22(28)20-17(15-6-7-15)11-30-21(20)24-19(27)9-8-16-13(3)23-18-10-12(2)25-26(18)14(16)4/h10-11,15H,5-9H2,1-4H3,(H,24,27). The Kier molecular flexibility index (Phi) is 5.60. The summed E-state index contributed by atoms with van der Waals surface area (Å²) in [5.41, 5.74) is 6.20. The number of carbonyl (C=O) groups excluding carboxylic acids is 2. The first-order chi connectivity index (χ1) is 14.4. The number of amides is 1. The molecule has 158 valence electrons. The van der Waals surface area contributed by atoms with Crippen LogP contribution in [0.25, 0.3) is 5.65 Å². The lowest BCUT2D eigenvalue weighted by atomic mass is 10.1. The van der Waals surface area contributed by atoms with E-state index in [0.717, 1.165) is 46.7 Å². The van der Waals surface area contributed by atoms with Crippen LogP contribution in [-0.2, 0) is 16.0 Å². The van der Waals surface area contributed by atoms with Crippen LogP contribution in [0.15, 0.2) is 11.4 Å². The Morgan fingerprint density at radius 1 is 1.30 bits per heavy atom. The fraction of sp³-hybridized carbons (Fsp3) is 0.455. The number of nitrogens with one attached hydrogen (secondary N) is 1. The van der Waals surface area contributed by atoms with Crippen molar-refractivity contribution in [3.05, 3.63) is 45.2 Å². The summed E-state index contributed by atoms with van der Waals surface area (Å²) in [6.07, 6.45) is 3.02. The summed E-state index contributed by atoms with van der Waals surface area (Å²) in [7, 11) is 0. The molecular weight excluding hydrogens is 400 g/mol. The molecule has 3 heterocycles. The minimum atomic E-state index is -0.355. The number of esters is 1. The second-order valence-corrected chi connectivity index (χ2v) is 8.63. The van der Waals surface area contributed by atoms with E-state index in [9.17, 15) is 9.59 Å². The molecule has 1 saturated carbocycles. The van der Waals surface area contributed by atoms with E-state index in [1.165, 1.54) is 11.3 Å². The summed E-state index contributed by atoms with van der Waals surface area (Å²) >= 11 is 1.40. The van der Waals surface area contributed by atoms with Crippen LogP contribution in [-0.4, -0.2) is 33.1 Å². The summed E-state index contributed by atoms with van der Waals surface area (Å²) in [5, 5.41) is 9.99. The first kappa shape index (κ1) is 20.5. The Balaban J connectivity index is 1.50. The molecule has 1 aliphatic rings. The monoisotopic (exact) mass is 426 g/mol. The fourth-order valence-electron chi connectivity index (χ4n) is 3.80. The minimum Gasteiger partial charge on any atom is -0.462 e. The quantitative estimate of drug-likeness (QED) is 0.568. The second kappa shape index (κ2) is 8.18. The van der Waals surface area contributed by atoms with Crippen molar-refractivity contribution in [2.24, 2.45) is 0 Å². The molecule has 0 aliphatic heterocycles. The smallest absolute Gasteiger partial charge is 0.341 e. The fourth-order valence-corrected chi connectivity index (χ4v) is 4.85. The van der Waals surface area contributed by atoms with Gasteiger partial charge < -0.3 is 10.1 Å². The lowest BCUT2D eigenvalue weighted by Crippen LogP contribution is -2.16. The number of fused-ring (bicyclic) bond motifs is 1. The predicted molar refractivity (Wildman–Crippen MR) is 116 cm³/mol. The third-order valence-electron chi connectivity index (χ3n) is 5.46. The van der Waals surface area contributed by atoms with E-state index >= 15 is 0 Å². The number of rotatable bonds is 7. The maximum Gasteiger partial charge on any atom is 0.341 e. The molecule has 7 nitrogen and oxygen atoms in total. The zero-order valence-corrected chi connectivity index (χ0v) is 18.6. The third kappa shape index (κ3) is 3.96. The normalized spacial score (nSPS) is 13.6. The maximum atomic E-state index is 12.7. The topological polar surface area (TPSA) is 85.6 Å². The van der Waals surface area contributed by atoms with Crippen LogP contribution in [0.4, 0.5) is 5.00 Å². The van der Waals surface area contributed by atoms with Crippen LogP contribution >= 0.6 is 11.3 Å². The van der Waals surface area contributed by atoms with Gasteiger partial charge in [-0.1, -0.05) is 0 Å². The zero-order valence-electron chi connectivity index (χ0n) is 17.7. The van der Waals surface area contributed by atoms with E-state index in [0.29, 0.717) is 35.9 Å². The molecule has 0 atom stereocenters. The van der Waals surface area contributed by atoms with E-state index in [4.69, 9.17) is 4.74 Å². The van der Waals surface area contributed by atoms with Gasteiger partial charge in [0.1, 0.15) is 5.00 Å². The van der Waals surface area contributed by atoms with Crippen LogP contribution in [0.2, 0.25) is 0 Å². The molecule has 8 heteroatoms. The van der Waals surface area contributed by atoms with Crippen molar-refractivity contribution in [3.63, 3.8) is 0 Å². The molecule has 1 aliphatic carbocycles. The Morgan fingerprint density at radius 3 is 2.77 bits per heavy atom. The summed E-state index contributed by atoms with van der Waals surface area (Å²) < 4.78 is 7.06. The molecule has 1 fully saturated rings. The van der Waals surface area contributed by atoms with E-state index in [1.807, 2.05) is 36.7 Å². The van der Waals surface area contributed by atoms with Gasteiger partial charge in [0.15, 0.2) is 5.65 Å². The van der Waals surface area contributed by atoms with E-state index < -0.39 is 0 Å². The Hall–Kier alpha value is -2.74. The number of aromatic nitrogens is 3. The van der Waals surface area contributed by atoms with Gasteiger partial charge >= 0.3 is 5.97 Å². The molecule has 1 N–H and O–H groups in total. The van der Waals surface area contributed by atoms with Gasteiger partial charge in [-0.05, 0) is 69.4 Å². The minimum absolute atomic E-state index is 0.125. The summed E-state index contributed by atoms with van der Waals surface area (Å²) in [6, 6.07) is 1.95. The van der Waals surface area contributed by atoms with Crippen LogP contribution < -0.4 is 5.32 Å². The van der Waals surface area contributed by atoms with E-state index in [-0.39, 0.29) is 11.9 Å². The van der Waals surface area contributed by atoms with Gasteiger partial charge in [0, 0.05) is 23.9 Å². The van der Waals surface area contributed by atoms with Crippen molar-refractivity contribution in [1.29, 1.82) is 0 Å². The Bertz CT molecular complexity index is 1130. The molecule has 0 aromatic carbocycles. The molecule has 30 heavy (non-hydrogen) atoms. The molecule has 0 radical (unpaired) electrons. The highest BCUT2D eigenvalue weighted by Gasteiger charge is 2.32. The van der Waals surface area contributed by atoms with E-state index in [2.05, 4.69) is 15.4 Å². The number of aryl methyl sites for hydroxylation is 3. The van der Waals surface area contributed by atoms with Gasteiger partial charge in [-0.2, -0.15) is 5.10 Å². The number of nitrogens with zero attached hydrogens (tertiary/aromatic N) is 3. The predicted octanol–water partition coefficient (Wildman–Crippen LogP) is 4.34. The van der Waals surface area contributed by atoms with Crippen LogP contribution in [0.1, 0.15) is 70.7 Å². The number of hydrogen-bond acceptors (Lipinski definition) is 6. The molecule has 3 aromatic rings. The van der Waals surface area contributed by atoms with Gasteiger partial charge in [0.25, 0.3) is 0 Å². The van der Waals surface area contributed by atoms with Crippen molar-refractivity contribution in [1.82, 2.24) is 14.6 Å². The van der Waals surface area contributed by atoms with Crippen molar-refractivity contribution in [2.75, 3.05) is 11.9 Å².